The zero-order valence-electron chi connectivity index (χ0n) is 10.6. The van der Waals surface area contributed by atoms with Gasteiger partial charge in [-0.2, -0.15) is 0 Å². The van der Waals surface area contributed by atoms with E-state index in [9.17, 15) is 0 Å². The van der Waals surface area contributed by atoms with Gasteiger partial charge in [0.15, 0.2) is 0 Å². The first-order valence-electron chi connectivity index (χ1n) is 5.43. The predicted octanol–water partition coefficient (Wildman–Crippen LogP) is 4.89. The van der Waals surface area contributed by atoms with Gasteiger partial charge in [0, 0.05) is 3.57 Å². The fourth-order valence-electron chi connectivity index (χ4n) is 1.57. The molecule has 0 saturated carbocycles. The lowest BCUT2D eigenvalue weighted by molar-refractivity contribution is 0.566. The van der Waals surface area contributed by atoms with Crippen LogP contribution in [0.25, 0.3) is 0 Å². The highest BCUT2D eigenvalue weighted by Gasteiger charge is 2.20. The third-order valence-corrected chi connectivity index (χ3v) is 3.58. The number of halogens is 1. The average Bonchev–Trinajstić information content (AvgIpc) is 2.00. The van der Waals surface area contributed by atoms with Crippen LogP contribution in [-0.2, 0) is 10.8 Å². The van der Waals surface area contributed by atoms with E-state index in [-0.39, 0.29) is 10.8 Å². The number of benzene rings is 1. The van der Waals surface area contributed by atoms with Crippen molar-refractivity contribution in [1.82, 2.24) is 0 Å². The Morgan fingerprint density at radius 3 is 1.80 bits per heavy atom. The van der Waals surface area contributed by atoms with Gasteiger partial charge in [-0.05, 0) is 50.6 Å². The molecule has 84 valence electrons. The van der Waals surface area contributed by atoms with Crippen LogP contribution < -0.4 is 0 Å². The maximum atomic E-state index is 2.43. The number of hydrogen-bond acceptors (Lipinski definition) is 0. The lowest BCUT2D eigenvalue weighted by atomic mass is 9.81. The molecule has 0 heterocycles. The Labute approximate surface area is 108 Å². The van der Waals surface area contributed by atoms with Crippen molar-refractivity contribution in [2.45, 2.75) is 52.4 Å². The molecule has 0 aliphatic rings. The Balaban J connectivity index is 3.30. The topological polar surface area (TPSA) is 0 Å². The third-order valence-electron chi connectivity index (χ3n) is 2.64. The fourth-order valence-corrected chi connectivity index (χ4v) is 2.71. The monoisotopic (exact) mass is 316 g/mol. The van der Waals surface area contributed by atoms with Crippen molar-refractivity contribution in [1.29, 1.82) is 0 Å². The van der Waals surface area contributed by atoms with Gasteiger partial charge in [-0.25, -0.2) is 0 Å². The second-order valence-electron chi connectivity index (χ2n) is 6.19. The molecule has 0 nitrogen and oxygen atoms in total. The van der Waals surface area contributed by atoms with E-state index in [1.54, 1.807) is 0 Å². The van der Waals surface area contributed by atoms with Gasteiger partial charge in [0.1, 0.15) is 0 Å². The third kappa shape index (κ3) is 3.20. The normalized spacial score (nSPS) is 13.0. The van der Waals surface area contributed by atoms with Crippen LogP contribution in [0.15, 0.2) is 18.2 Å². The van der Waals surface area contributed by atoms with Crippen molar-refractivity contribution < 1.29 is 0 Å². The first-order valence-corrected chi connectivity index (χ1v) is 6.51. The van der Waals surface area contributed by atoms with Crippen LogP contribution in [0, 0.1) is 3.57 Å². The van der Waals surface area contributed by atoms with Crippen molar-refractivity contribution in [2.75, 3.05) is 0 Å². The lowest BCUT2D eigenvalue weighted by Crippen LogP contribution is -2.17. The first-order chi connectivity index (χ1) is 6.62. The zero-order valence-corrected chi connectivity index (χ0v) is 12.8. The molecular weight excluding hydrogens is 295 g/mol. The molecule has 0 aliphatic heterocycles. The summed E-state index contributed by atoms with van der Waals surface area (Å²) >= 11 is 2.43. The van der Waals surface area contributed by atoms with Crippen LogP contribution >= 0.6 is 22.6 Å². The molecule has 0 atom stereocenters. The maximum absolute atomic E-state index is 2.43. The molecular formula is C14H21I. The Bertz CT molecular complexity index is 351. The molecule has 0 aromatic heterocycles. The first kappa shape index (κ1) is 13.0. The van der Waals surface area contributed by atoms with Crippen LogP contribution in [0.1, 0.15) is 52.7 Å². The minimum atomic E-state index is 0.234. The molecule has 1 rings (SSSR count). The van der Waals surface area contributed by atoms with E-state index in [1.165, 1.54) is 14.7 Å². The van der Waals surface area contributed by atoms with Gasteiger partial charge in [-0.15, -0.1) is 0 Å². The average molecular weight is 316 g/mol. The standard InChI is InChI=1S/C14H21I/c1-13(2,3)10-7-8-12(15)11(9-10)14(4,5)6/h7-9H,1-6H3. The molecule has 0 radical (unpaired) electrons. The summed E-state index contributed by atoms with van der Waals surface area (Å²) in [5.41, 5.74) is 3.35. The van der Waals surface area contributed by atoms with Crippen molar-refractivity contribution in [3.05, 3.63) is 32.9 Å². The summed E-state index contributed by atoms with van der Waals surface area (Å²) < 4.78 is 1.37. The zero-order chi connectivity index (χ0) is 11.9. The SMILES string of the molecule is CC(C)(C)c1ccc(I)c(C(C)(C)C)c1. The summed E-state index contributed by atoms with van der Waals surface area (Å²) in [6, 6.07) is 6.85. The molecule has 1 aromatic rings. The highest BCUT2D eigenvalue weighted by atomic mass is 127. The largest absolute Gasteiger partial charge is 0.0574 e. The summed E-state index contributed by atoms with van der Waals surface area (Å²) in [6.07, 6.45) is 0. The Kier molecular flexibility index (Phi) is 3.54. The second-order valence-corrected chi connectivity index (χ2v) is 7.36. The summed E-state index contributed by atoms with van der Waals surface area (Å²) in [4.78, 5) is 0. The van der Waals surface area contributed by atoms with Gasteiger partial charge in [0.05, 0.1) is 0 Å². The highest BCUT2D eigenvalue weighted by molar-refractivity contribution is 14.1. The van der Waals surface area contributed by atoms with Crippen LogP contribution in [0.5, 0.6) is 0 Å². The van der Waals surface area contributed by atoms with E-state index < -0.39 is 0 Å². The van der Waals surface area contributed by atoms with Crippen molar-refractivity contribution >= 4 is 22.6 Å². The number of rotatable bonds is 0. The van der Waals surface area contributed by atoms with Gasteiger partial charge >= 0.3 is 0 Å². The van der Waals surface area contributed by atoms with Gasteiger partial charge < -0.3 is 0 Å². The van der Waals surface area contributed by atoms with Crippen molar-refractivity contribution in [3.8, 4) is 0 Å². The van der Waals surface area contributed by atoms with Gasteiger partial charge in [0.25, 0.3) is 0 Å². The van der Waals surface area contributed by atoms with Crippen LogP contribution in [0.3, 0.4) is 0 Å². The molecule has 1 heteroatoms. The Morgan fingerprint density at radius 2 is 1.40 bits per heavy atom. The molecule has 15 heavy (non-hydrogen) atoms. The van der Waals surface area contributed by atoms with Crippen LogP contribution in [0.4, 0.5) is 0 Å². The Hall–Kier alpha value is -0.0500. The van der Waals surface area contributed by atoms with Crippen molar-refractivity contribution in [3.63, 3.8) is 0 Å². The summed E-state index contributed by atoms with van der Waals surface area (Å²) in [5.74, 6) is 0. The quantitative estimate of drug-likeness (QED) is 0.598. The molecule has 0 N–H and O–H groups in total. The van der Waals surface area contributed by atoms with Gasteiger partial charge in [-0.1, -0.05) is 53.7 Å². The minimum absolute atomic E-state index is 0.234. The van der Waals surface area contributed by atoms with Gasteiger partial charge in [0.2, 0.25) is 0 Å². The predicted molar refractivity (Wildman–Crippen MR) is 76.6 cm³/mol. The molecule has 0 fully saturated rings. The molecule has 0 saturated heterocycles. The molecule has 0 bridgehead atoms. The lowest BCUT2D eigenvalue weighted by Gasteiger charge is -2.26. The molecule has 0 aliphatic carbocycles. The van der Waals surface area contributed by atoms with Crippen molar-refractivity contribution in [2.24, 2.45) is 0 Å². The summed E-state index contributed by atoms with van der Waals surface area (Å²) in [6.45, 7) is 13.6. The van der Waals surface area contributed by atoms with Crippen LogP contribution in [-0.4, -0.2) is 0 Å². The smallest absolute Gasteiger partial charge is 0.0167 e. The van der Waals surface area contributed by atoms with Gasteiger partial charge in [-0.3, -0.25) is 0 Å². The van der Waals surface area contributed by atoms with E-state index in [0.717, 1.165) is 0 Å². The minimum Gasteiger partial charge on any atom is -0.0574 e. The van der Waals surface area contributed by atoms with E-state index in [4.69, 9.17) is 0 Å². The Morgan fingerprint density at radius 1 is 0.867 bits per heavy atom. The fraction of sp³-hybridized carbons (Fsp3) is 0.571. The van der Waals surface area contributed by atoms with E-state index in [0.29, 0.717) is 0 Å². The van der Waals surface area contributed by atoms with E-state index in [1.807, 2.05) is 0 Å². The molecule has 1 aromatic carbocycles. The van der Waals surface area contributed by atoms with Crippen LogP contribution in [0.2, 0.25) is 0 Å². The second kappa shape index (κ2) is 4.08. The number of hydrogen-bond donors (Lipinski definition) is 0. The highest BCUT2D eigenvalue weighted by Crippen LogP contribution is 2.31. The molecule has 0 amide bonds. The molecule has 0 unspecified atom stereocenters. The maximum Gasteiger partial charge on any atom is 0.0167 e. The summed E-state index contributed by atoms with van der Waals surface area (Å²) in [7, 11) is 0. The van der Waals surface area contributed by atoms with E-state index in [2.05, 4.69) is 82.3 Å². The molecule has 0 spiro atoms. The van der Waals surface area contributed by atoms with E-state index >= 15 is 0 Å². The summed E-state index contributed by atoms with van der Waals surface area (Å²) in [5, 5.41) is 0.